The fourth-order valence-electron chi connectivity index (χ4n) is 4.28. The van der Waals surface area contributed by atoms with E-state index in [4.69, 9.17) is 0 Å². The average Bonchev–Trinajstić information content (AvgIpc) is 2.55. The van der Waals surface area contributed by atoms with Gasteiger partial charge in [-0.05, 0) is 56.8 Å². The van der Waals surface area contributed by atoms with Crippen molar-refractivity contribution in [3.8, 4) is 0 Å². The van der Waals surface area contributed by atoms with E-state index in [-0.39, 0.29) is 23.7 Å². The molecule has 1 fully saturated rings. The van der Waals surface area contributed by atoms with E-state index in [0.29, 0.717) is 6.54 Å². The molecule has 1 saturated carbocycles. The van der Waals surface area contributed by atoms with Crippen LogP contribution in [0.2, 0.25) is 0 Å². The molecule has 2 bridgehead atoms. The third-order valence-electron chi connectivity index (χ3n) is 5.47. The smallest absolute Gasteiger partial charge is 0.307 e. The van der Waals surface area contributed by atoms with Crippen molar-refractivity contribution in [3.63, 3.8) is 0 Å². The molecule has 4 rings (SSSR count). The van der Waals surface area contributed by atoms with Gasteiger partial charge in [0.15, 0.2) is 0 Å². The molecule has 0 aromatic rings. The van der Waals surface area contributed by atoms with E-state index in [9.17, 15) is 14.7 Å². The molecule has 4 atom stereocenters. The third-order valence-corrected chi connectivity index (χ3v) is 5.47. The first-order valence-electron chi connectivity index (χ1n) is 8.53. The fraction of sp³-hybridized carbons (Fsp3) is 0.667. The van der Waals surface area contributed by atoms with Crippen LogP contribution < -0.4 is 5.32 Å². The summed E-state index contributed by atoms with van der Waals surface area (Å²) in [6.07, 6.45) is 13.9. The Kier molecular flexibility index (Phi) is 4.65. The van der Waals surface area contributed by atoms with Crippen molar-refractivity contribution in [2.24, 2.45) is 23.7 Å². The largest absolute Gasteiger partial charge is 0.481 e. The summed E-state index contributed by atoms with van der Waals surface area (Å²) in [7, 11) is 0. The van der Waals surface area contributed by atoms with E-state index in [1.165, 1.54) is 18.4 Å². The van der Waals surface area contributed by atoms with Gasteiger partial charge in [0.1, 0.15) is 0 Å². The summed E-state index contributed by atoms with van der Waals surface area (Å²) in [5.74, 6) is -1.70. The van der Waals surface area contributed by atoms with E-state index in [1.807, 2.05) is 6.08 Å². The number of rotatable bonds is 5. The van der Waals surface area contributed by atoms with Crippen LogP contribution in [-0.4, -0.2) is 23.5 Å². The van der Waals surface area contributed by atoms with Gasteiger partial charge in [0.05, 0.1) is 11.8 Å². The topological polar surface area (TPSA) is 66.4 Å². The molecule has 0 aliphatic heterocycles. The summed E-state index contributed by atoms with van der Waals surface area (Å²) >= 11 is 0. The van der Waals surface area contributed by atoms with E-state index >= 15 is 0 Å². The molecule has 0 heterocycles. The van der Waals surface area contributed by atoms with Gasteiger partial charge in [0.25, 0.3) is 0 Å². The van der Waals surface area contributed by atoms with Crippen LogP contribution in [0.3, 0.4) is 0 Å². The first-order valence-corrected chi connectivity index (χ1v) is 8.53. The zero-order chi connectivity index (χ0) is 15.5. The Morgan fingerprint density at radius 2 is 1.86 bits per heavy atom. The number of aliphatic carboxylic acids is 1. The van der Waals surface area contributed by atoms with Gasteiger partial charge in [-0.15, -0.1) is 0 Å². The van der Waals surface area contributed by atoms with Crippen LogP contribution in [0.5, 0.6) is 0 Å². The Hall–Kier alpha value is -1.58. The number of fused-ring (bicyclic) bond motifs is 2. The predicted molar refractivity (Wildman–Crippen MR) is 84.1 cm³/mol. The number of carbonyl (C=O) groups is 2. The standard InChI is InChI=1S/C18H25NO3/c20-17(19-11-10-12-4-2-1-3-5-12)15-13-6-8-14(9-7-13)16(15)18(21)22/h4,6,8,13-16H,1-3,5,7,9-11H2,(H,19,20)(H,21,22)/t13-,14+,15+,16+/m1/s1. The second-order valence-corrected chi connectivity index (χ2v) is 6.83. The molecule has 2 N–H and O–H groups in total. The summed E-state index contributed by atoms with van der Waals surface area (Å²) in [6, 6.07) is 0. The molecule has 0 unspecified atom stereocenters. The fourth-order valence-corrected chi connectivity index (χ4v) is 4.28. The molecule has 0 aromatic heterocycles. The Morgan fingerprint density at radius 3 is 2.45 bits per heavy atom. The van der Waals surface area contributed by atoms with Crippen LogP contribution in [0.1, 0.15) is 44.9 Å². The van der Waals surface area contributed by atoms with E-state index in [1.54, 1.807) is 0 Å². The quantitative estimate of drug-likeness (QED) is 0.767. The highest BCUT2D eigenvalue weighted by atomic mass is 16.4. The molecule has 120 valence electrons. The highest BCUT2D eigenvalue weighted by molar-refractivity contribution is 5.86. The maximum atomic E-state index is 12.5. The number of carboxylic acids is 1. The highest BCUT2D eigenvalue weighted by Gasteiger charge is 2.47. The maximum Gasteiger partial charge on any atom is 0.307 e. The number of allylic oxidation sites excluding steroid dienone is 3. The van der Waals surface area contributed by atoms with Crippen molar-refractivity contribution < 1.29 is 14.7 Å². The third kappa shape index (κ3) is 3.11. The molecule has 4 aliphatic carbocycles. The molecule has 4 aliphatic rings. The number of carboxylic acid groups (broad SMARTS) is 1. The second kappa shape index (κ2) is 6.67. The maximum absolute atomic E-state index is 12.5. The second-order valence-electron chi connectivity index (χ2n) is 6.83. The first kappa shape index (κ1) is 15.3. The Balaban J connectivity index is 1.57. The number of carbonyl (C=O) groups excluding carboxylic acids is 1. The molecule has 4 heteroatoms. The molecular formula is C18H25NO3. The lowest BCUT2D eigenvalue weighted by Gasteiger charge is -2.41. The first-order chi connectivity index (χ1) is 10.7. The minimum Gasteiger partial charge on any atom is -0.481 e. The van der Waals surface area contributed by atoms with E-state index in [0.717, 1.165) is 32.1 Å². The molecule has 0 saturated heterocycles. The normalized spacial score (nSPS) is 33.4. The lowest BCUT2D eigenvalue weighted by molar-refractivity contribution is -0.152. The zero-order valence-corrected chi connectivity index (χ0v) is 13.0. The van der Waals surface area contributed by atoms with Crippen LogP contribution in [0.15, 0.2) is 23.8 Å². The molecule has 4 nitrogen and oxygen atoms in total. The van der Waals surface area contributed by atoms with Crippen molar-refractivity contribution in [2.75, 3.05) is 6.54 Å². The molecule has 1 amide bonds. The Morgan fingerprint density at radius 1 is 1.14 bits per heavy atom. The minimum absolute atomic E-state index is 0.0271. The van der Waals surface area contributed by atoms with E-state index < -0.39 is 11.9 Å². The van der Waals surface area contributed by atoms with Crippen LogP contribution in [0.4, 0.5) is 0 Å². The van der Waals surface area contributed by atoms with Gasteiger partial charge < -0.3 is 10.4 Å². The van der Waals surface area contributed by atoms with Gasteiger partial charge in [-0.2, -0.15) is 0 Å². The van der Waals surface area contributed by atoms with Crippen LogP contribution in [-0.2, 0) is 9.59 Å². The van der Waals surface area contributed by atoms with Crippen LogP contribution in [0, 0.1) is 23.7 Å². The summed E-state index contributed by atoms with van der Waals surface area (Å²) in [5, 5.41) is 12.5. The summed E-state index contributed by atoms with van der Waals surface area (Å²) in [5.41, 5.74) is 1.44. The van der Waals surface area contributed by atoms with Gasteiger partial charge >= 0.3 is 5.97 Å². The number of amides is 1. The van der Waals surface area contributed by atoms with Crippen molar-refractivity contribution in [2.45, 2.75) is 44.9 Å². The van der Waals surface area contributed by atoms with Gasteiger partial charge in [-0.1, -0.05) is 23.8 Å². The van der Waals surface area contributed by atoms with Crippen molar-refractivity contribution >= 4 is 11.9 Å². The number of hydrogen-bond acceptors (Lipinski definition) is 2. The van der Waals surface area contributed by atoms with Crippen molar-refractivity contribution in [1.82, 2.24) is 5.32 Å². The molecule has 0 aromatic carbocycles. The molecule has 0 spiro atoms. The molecule has 22 heavy (non-hydrogen) atoms. The Bertz CT molecular complexity index is 508. The van der Waals surface area contributed by atoms with Gasteiger partial charge in [0.2, 0.25) is 5.91 Å². The average molecular weight is 303 g/mol. The molecular weight excluding hydrogens is 278 g/mol. The summed E-state index contributed by atoms with van der Waals surface area (Å²) in [4.78, 5) is 24.1. The highest BCUT2D eigenvalue weighted by Crippen LogP contribution is 2.45. The van der Waals surface area contributed by atoms with Crippen molar-refractivity contribution in [3.05, 3.63) is 23.8 Å². The summed E-state index contributed by atoms with van der Waals surface area (Å²) in [6.45, 7) is 0.634. The van der Waals surface area contributed by atoms with Gasteiger partial charge in [-0.3, -0.25) is 9.59 Å². The van der Waals surface area contributed by atoms with Crippen LogP contribution >= 0.6 is 0 Å². The van der Waals surface area contributed by atoms with Crippen molar-refractivity contribution in [1.29, 1.82) is 0 Å². The molecule has 0 radical (unpaired) electrons. The SMILES string of the molecule is O=C(NCCC1=CCCCC1)[C@@H]1[C@@H](C(=O)O)[C@H]2C=C[C@@H]1CC2. The lowest BCUT2D eigenvalue weighted by Crippen LogP contribution is -2.49. The van der Waals surface area contributed by atoms with E-state index in [2.05, 4.69) is 17.5 Å². The predicted octanol–water partition coefficient (Wildman–Crippen LogP) is 2.91. The van der Waals surface area contributed by atoms with Gasteiger partial charge in [-0.25, -0.2) is 0 Å². The number of nitrogens with one attached hydrogen (secondary N) is 1. The Labute approximate surface area is 131 Å². The minimum atomic E-state index is -0.825. The van der Waals surface area contributed by atoms with Crippen LogP contribution in [0.25, 0.3) is 0 Å². The lowest BCUT2D eigenvalue weighted by atomic mass is 9.62. The zero-order valence-electron chi connectivity index (χ0n) is 13.0. The monoisotopic (exact) mass is 303 g/mol. The van der Waals surface area contributed by atoms with Gasteiger partial charge in [0, 0.05) is 6.54 Å². The summed E-state index contributed by atoms with van der Waals surface area (Å²) < 4.78 is 0. The number of hydrogen-bond donors (Lipinski definition) is 2.